The predicted molar refractivity (Wildman–Crippen MR) is 153 cm³/mol. The topological polar surface area (TPSA) is 21.6 Å². The maximum absolute atomic E-state index is 6.59. The predicted octanol–water partition coefficient (Wildman–Crippen LogP) is 7.56. The van der Waals surface area contributed by atoms with Gasteiger partial charge in [-0.2, -0.15) is 0 Å². The van der Waals surface area contributed by atoms with Crippen LogP contribution >= 0.6 is 8.58 Å². The van der Waals surface area contributed by atoms with Crippen LogP contribution in [0.4, 0.5) is 5.69 Å². The highest BCUT2D eigenvalue weighted by atomic mass is 31.1. The first-order chi connectivity index (χ1) is 16.8. The van der Waals surface area contributed by atoms with Crippen molar-refractivity contribution in [3.63, 3.8) is 0 Å². The minimum Gasteiger partial charge on any atom is -0.488 e. The summed E-state index contributed by atoms with van der Waals surface area (Å²) in [6.07, 6.45) is 2.00. The molecule has 0 saturated carbocycles. The molecule has 0 fully saturated rings. The third kappa shape index (κ3) is 6.47. The molecule has 3 heteroatoms. The molecule has 0 heterocycles. The molecule has 0 aliphatic carbocycles. The Morgan fingerprint density at radius 2 is 1.51 bits per heavy atom. The van der Waals surface area contributed by atoms with E-state index in [4.69, 9.17) is 9.73 Å². The van der Waals surface area contributed by atoms with Crippen LogP contribution in [0.3, 0.4) is 0 Å². The van der Waals surface area contributed by atoms with Crippen LogP contribution in [-0.2, 0) is 12.0 Å². The fourth-order valence-corrected chi connectivity index (χ4v) is 5.53. The maximum Gasteiger partial charge on any atom is 0.131 e. The Bertz CT molecular complexity index is 1300. The van der Waals surface area contributed by atoms with E-state index in [1.807, 2.05) is 42.6 Å². The number of aryl methyl sites for hydroxylation is 2. The van der Waals surface area contributed by atoms with Crippen LogP contribution in [0.1, 0.15) is 48.6 Å². The van der Waals surface area contributed by atoms with Crippen LogP contribution in [-0.4, -0.2) is 6.21 Å². The van der Waals surface area contributed by atoms with E-state index in [1.54, 1.807) is 0 Å². The lowest BCUT2D eigenvalue weighted by atomic mass is 9.85. The molecule has 4 rings (SSSR count). The molecule has 0 aliphatic rings. The number of para-hydroxylation sites is 1. The van der Waals surface area contributed by atoms with Gasteiger partial charge in [0.15, 0.2) is 0 Å². The Hall–Kier alpha value is -3.22. The van der Waals surface area contributed by atoms with Gasteiger partial charge in [-0.05, 0) is 59.5 Å². The van der Waals surface area contributed by atoms with E-state index in [0.29, 0.717) is 15.2 Å². The van der Waals surface area contributed by atoms with E-state index in [9.17, 15) is 0 Å². The summed E-state index contributed by atoms with van der Waals surface area (Å²) >= 11 is 0. The molecule has 0 aliphatic heterocycles. The third-order valence-corrected chi connectivity index (χ3v) is 7.51. The van der Waals surface area contributed by atoms with Crippen LogP contribution in [0.5, 0.6) is 5.75 Å². The second-order valence-electron chi connectivity index (χ2n) is 9.97. The van der Waals surface area contributed by atoms with E-state index >= 15 is 0 Å². The molecule has 4 aromatic rings. The average molecular weight is 480 g/mol. The van der Waals surface area contributed by atoms with E-state index < -0.39 is 0 Å². The van der Waals surface area contributed by atoms with Crippen molar-refractivity contribution in [2.45, 2.75) is 46.6 Å². The molecular weight excluding hydrogens is 445 g/mol. The first-order valence-corrected chi connectivity index (χ1v) is 13.1. The maximum atomic E-state index is 6.59. The number of ether oxygens (including phenoxy) is 1. The Labute approximate surface area is 211 Å². The molecule has 0 spiro atoms. The number of aliphatic imine (C=N–C) groups is 1. The fourth-order valence-electron chi connectivity index (χ4n) is 4.07. The summed E-state index contributed by atoms with van der Waals surface area (Å²) in [4.78, 5) is 4.74. The SMILES string of the molecule is Cc1cc(Pc2c(C)cccc2C=Nc2ccccc2)c(OCc2ccccc2)c(C(C)(C)C)c1. The van der Waals surface area contributed by atoms with E-state index in [2.05, 4.69) is 89.2 Å². The summed E-state index contributed by atoms with van der Waals surface area (Å²) in [6, 6.07) is 31.5. The summed E-state index contributed by atoms with van der Waals surface area (Å²) in [5.74, 6) is 1.01. The monoisotopic (exact) mass is 479 g/mol. The van der Waals surface area contributed by atoms with Gasteiger partial charge in [0, 0.05) is 22.6 Å². The van der Waals surface area contributed by atoms with Crippen molar-refractivity contribution in [1.29, 1.82) is 0 Å². The molecule has 0 aromatic heterocycles. The molecule has 35 heavy (non-hydrogen) atoms. The first-order valence-electron chi connectivity index (χ1n) is 12.1. The molecule has 178 valence electrons. The summed E-state index contributed by atoms with van der Waals surface area (Å²) in [7, 11) is 0.464. The highest BCUT2D eigenvalue weighted by molar-refractivity contribution is 7.56. The Kier molecular flexibility index (Phi) is 7.83. The normalized spacial score (nSPS) is 12.0. The lowest BCUT2D eigenvalue weighted by Crippen LogP contribution is -2.21. The van der Waals surface area contributed by atoms with Gasteiger partial charge in [-0.25, -0.2) is 0 Å². The molecule has 1 atom stereocenters. The highest BCUT2D eigenvalue weighted by Crippen LogP contribution is 2.35. The van der Waals surface area contributed by atoms with Gasteiger partial charge in [-0.3, -0.25) is 4.99 Å². The van der Waals surface area contributed by atoms with Crippen molar-refractivity contribution in [2.75, 3.05) is 0 Å². The molecule has 0 radical (unpaired) electrons. The molecule has 4 aromatic carbocycles. The lowest BCUT2D eigenvalue weighted by molar-refractivity contribution is 0.300. The van der Waals surface area contributed by atoms with Gasteiger partial charge in [-0.1, -0.05) is 102 Å². The number of rotatable bonds is 7. The molecule has 0 N–H and O–H groups in total. The minimum absolute atomic E-state index is 0.0272. The van der Waals surface area contributed by atoms with Crippen molar-refractivity contribution in [2.24, 2.45) is 4.99 Å². The summed E-state index contributed by atoms with van der Waals surface area (Å²) in [6.45, 7) is 11.7. The summed E-state index contributed by atoms with van der Waals surface area (Å²) in [5, 5.41) is 2.55. The molecule has 2 nitrogen and oxygen atoms in total. The number of nitrogens with zero attached hydrogens (tertiary/aromatic N) is 1. The molecule has 1 unspecified atom stereocenters. The zero-order valence-corrected chi connectivity index (χ0v) is 22.3. The van der Waals surface area contributed by atoms with E-state index in [1.165, 1.54) is 32.9 Å². The zero-order chi connectivity index (χ0) is 24.8. The van der Waals surface area contributed by atoms with Crippen molar-refractivity contribution in [3.8, 4) is 5.75 Å². The van der Waals surface area contributed by atoms with Gasteiger partial charge >= 0.3 is 0 Å². The quantitative estimate of drug-likeness (QED) is 0.198. The van der Waals surface area contributed by atoms with E-state index in [0.717, 1.165) is 17.0 Å². The zero-order valence-electron chi connectivity index (χ0n) is 21.3. The van der Waals surface area contributed by atoms with E-state index in [-0.39, 0.29) is 5.41 Å². The molecule has 0 saturated heterocycles. The Morgan fingerprint density at radius 3 is 2.20 bits per heavy atom. The second kappa shape index (κ2) is 11.0. The molecular formula is C32H34NOP. The van der Waals surface area contributed by atoms with Crippen LogP contribution in [0, 0.1) is 13.8 Å². The molecule has 0 amide bonds. The third-order valence-electron chi connectivity index (χ3n) is 5.94. The largest absolute Gasteiger partial charge is 0.488 e. The number of hydrogen-bond donors (Lipinski definition) is 0. The van der Waals surface area contributed by atoms with Crippen LogP contribution in [0.2, 0.25) is 0 Å². The van der Waals surface area contributed by atoms with Crippen LogP contribution in [0.15, 0.2) is 96.0 Å². The number of benzene rings is 4. The van der Waals surface area contributed by atoms with Crippen molar-refractivity contribution in [1.82, 2.24) is 0 Å². The molecule has 0 bridgehead atoms. The van der Waals surface area contributed by atoms with Crippen molar-refractivity contribution < 1.29 is 4.74 Å². The van der Waals surface area contributed by atoms with Crippen LogP contribution in [0.25, 0.3) is 0 Å². The lowest BCUT2D eigenvalue weighted by Gasteiger charge is -2.26. The van der Waals surface area contributed by atoms with Crippen molar-refractivity contribution >= 4 is 31.1 Å². The Morgan fingerprint density at radius 1 is 0.829 bits per heavy atom. The van der Waals surface area contributed by atoms with Gasteiger partial charge < -0.3 is 4.74 Å². The van der Waals surface area contributed by atoms with Gasteiger partial charge in [-0.15, -0.1) is 0 Å². The smallest absolute Gasteiger partial charge is 0.131 e. The first kappa shape index (κ1) is 24.9. The van der Waals surface area contributed by atoms with Gasteiger partial charge in [0.05, 0.1) is 5.69 Å². The fraction of sp³-hybridized carbons (Fsp3) is 0.219. The summed E-state index contributed by atoms with van der Waals surface area (Å²) < 4.78 is 6.59. The average Bonchev–Trinajstić information content (AvgIpc) is 2.84. The Balaban J connectivity index is 1.75. The number of hydrogen-bond acceptors (Lipinski definition) is 2. The van der Waals surface area contributed by atoms with Gasteiger partial charge in [0.2, 0.25) is 0 Å². The van der Waals surface area contributed by atoms with Crippen molar-refractivity contribution in [3.05, 3.63) is 119 Å². The summed E-state index contributed by atoms with van der Waals surface area (Å²) in [5.41, 5.74) is 7.05. The highest BCUT2D eigenvalue weighted by Gasteiger charge is 2.23. The van der Waals surface area contributed by atoms with Gasteiger partial charge in [0.25, 0.3) is 0 Å². The standard InChI is InChI=1S/C32H34NOP/c1-23-19-28(32(3,4)5)30(34-22-25-14-8-6-9-15-25)29(20-23)35-31-24(2)13-12-16-26(31)21-33-27-17-10-7-11-18-27/h6-21,35H,22H2,1-5H3. The van der Waals surface area contributed by atoms with Crippen LogP contribution < -0.4 is 15.3 Å². The van der Waals surface area contributed by atoms with Gasteiger partial charge in [0.1, 0.15) is 12.4 Å². The second-order valence-corrected chi connectivity index (χ2v) is 11.3. The minimum atomic E-state index is -0.0272.